The van der Waals surface area contributed by atoms with E-state index in [1.54, 1.807) is 0 Å². The van der Waals surface area contributed by atoms with E-state index >= 15 is 0 Å². The van der Waals surface area contributed by atoms with Crippen LogP contribution in [0.2, 0.25) is 5.02 Å². The number of nitrogens with two attached hydrogens (primary N) is 2. The highest BCUT2D eigenvalue weighted by Crippen LogP contribution is 2.25. The van der Waals surface area contributed by atoms with E-state index in [2.05, 4.69) is 15.4 Å². The maximum absolute atomic E-state index is 9.32. The zero-order valence-electron chi connectivity index (χ0n) is 13.1. The van der Waals surface area contributed by atoms with Crippen LogP contribution >= 0.6 is 11.6 Å². The molecule has 0 unspecified atom stereocenters. The molecule has 0 radical (unpaired) electrons. The summed E-state index contributed by atoms with van der Waals surface area (Å²) in [5.41, 5.74) is 3.53. The maximum Gasteiger partial charge on any atom is 0.271 e. The number of hydrogen-bond acceptors (Lipinski definition) is 4. The second-order valence-electron chi connectivity index (χ2n) is 5.02. The van der Waals surface area contributed by atoms with Crippen molar-refractivity contribution in [2.45, 2.75) is 6.61 Å². The first-order valence-electron chi connectivity index (χ1n) is 7.09. The molecule has 0 aliphatic carbocycles. The normalized spacial score (nSPS) is 10.9. The second-order valence-corrected chi connectivity index (χ2v) is 6.64. The highest BCUT2D eigenvalue weighted by atomic mass is 35.5. The molecular weight excluding hydrogens is 364 g/mol. The minimum Gasteiger partial charge on any atom is -0.390 e. The third kappa shape index (κ3) is 5.96. The van der Waals surface area contributed by atoms with Crippen LogP contribution in [0.5, 0.6) is 0 Å². The molecule has 3 aromatic rings. The van der Waals surface area contributed by atoms with Crippen molar-refractivity contribution in [3.63, 3.8) is 0 Å². The number of benzene rings is 2. The summed E-state index contributed by atoms with van der Waals surface area (Å²) >= 11 is 5.93. The average Bonchev–Trinajstić information content (AvgIpc) is 2.99. The van der Waals surface area contributed by atoms with Crippen LogP contribution in [-0.4, -0.2) is 23.3 Å². The summed E-state index contributed by atoms with van der Waals surface area (Å²) in [6, 6.07) is 19.3. The van der Waals surface area contributed by atoms with Gasteiger partial charge in [0, 0.05) is 10.6 Å². The van der Waals surface area contributed by atoms with Crippen LogP contribution in [0.4, 0.5) is 0 Å². The summed E-state index contributed by atoms with van der Waals surface area (Å²) < 4.78 is 20.2. The van der Waals surface area contributed by atoms with Gasteiger partial charge in [-0.25, -0.2) is 15.0 Å². The van der Waals surface area contributed by atoms with Crippen LogP contribution in [0.3, 0.4) is 0 Å². The number of halogens is 1. The molecule has 0 aliphatic heterocycles. The van der Waals surface area contributed by atoms with Gasteiger partial charge in [-0.2, -0.15) is 13.5 Å². The van der Waals surface area contributed by atoms with Gasteiger partial charge in [0.2, 0.25) is 0 Å². The van der Waals surface area contributed by atoms with Gasteiger partial charge in [0.25, 0.3) is 10.2 Å². The summed E-state index contributed by atoms with van der Waals surface area (Å²) in [6.07, 6.45) is 0. The van der Waals surface area contributed by atoms with Crippen molar-refractivity contribution in [3.05, 3.63) is 71.4 Å². The number of aliphatic hydroxyl groups excluding tert-OH is 1. The van der Waals surface area contributed by atoms with Crippen molar-refractivity contribution in [2.24, 2.45) is 10.3 Å². The van der Waals surface area contributed by atoms with Crippen molar-refractivity contribution in [3.8, 4) is 16.9 Å². The molecule has 25 heavy (non-hydrogen) atoms. The molecule has 3 rings (SSSR count). The van der Waals surface area contributed by atoms with E-state index in [0.29, 0.717) is 10.7 Å². The van der Waals surface area contributed by atoms with Crippen molar-refractivity contribution >= 4 is 21.8 Å². The maximum atomic E-state index is 9.32. The lowest BCUT2D eigenvalue weighted by Gasteiger charge is -2.07. The monoisotopic (exact) mass is 380 g/mol. The lowest BCUT2D eigenvalue weighted by molar-refractivity contribution is 0.276. The fourth-order valence-electron chi connectivity index (χ4n) is 2.10. The number of aliphatic hydroxyl groups is 1. The van der Waals surface area contributed by atoms with Gasteiger partial charge >= 0.3 is 0 Å². The zero-order valence-corrected chi connectivity index (χ0v) is 14.7. The molecule has 0 atom stereocenters. The molecule has 2 aromatic carbocycles. The third-order valence-electron chi connectivity index (χ3n) is 3.06. The minimum atomic E-state index is -3.67. The highest BCUT2D eigenvalue weighted by Gasteiger charge is 2.11. The van der Waals surface area contributed by atoms with Gasteiger partial charge in [-0.3, -0.25) is 0 Å². The van der Waals surface area contributed by atoms with Crippen molar-refractivity contribution in [1.82, 2.24) is 9.78 Å². The van der Waals surface area contributed by atoms with Crippen LogP contribution in [0.25, 0.3) is 16.9 Å². The fourth-order valence-corrected chi connectivity index (χ4v) is 2.23. The van der Waals surface area contributed by atoms with E-state index in [1.807, 2.05) is 65.3 Å². The average molecular weight is 381 g/mol. The highest BCUT2D eigenvalue weighted by molar-refractivity contribution is 7.86. The summed E-state index contributed by atoms with van der Waals surface area (Å²) in [4.78, 5) is 0. The van der Waals surface area contributed by atoms with Crippen LogP contribution < -0.4 is 10.3 Å². The standard InChI is InChI=1S/C16H13ClN2O.H4N2O2S/c17-13-8-6-12(7-9-13)16-10-14(11-20)18-19(16)15-4-2-1-3-5-15;1-5(2,3)4/h1-10,20H,11H2;(H4,1,2,3,4). The van der Waals surface area contributed by atoms with Crippen LogP contribution in [0.1, 0.15) is 5.69 Å². The van der Waals surface area contributed by atoms with Gasteiger partial charge < -0.3 is 5.11 Å². The fraction of sp³-hybridized carbons (Fsp3) is 0.0625. The van der Waals surface area contributed by atoms with Crippen LogP contribution in [0.15, 0.2) is 60.7 Å². The molecule has 7 nitrogen and oxygen atoms in total. The van der Waals surface area contributed by atoms with Crippen molar-refractivity contribution < 1.29 is 13.5 Å². The van der Waals surface area contributed by atoms with Crippen molar-refractivity contribution in [1.29, 1.82) is 0 Å². The quantitative estimate of drug-likeness (QED) is 0.641. The van der Waals surface area contributed by atoms with E-state index in [9.17, 15) is 13.5 Å². The molecule has 0 amide bonds. The first-order chi connectivity index (χ1) is 11.8. The number of rotatable bonds is 3. The van der Waals surface area contributed by atoms with Gasteiger partial charge in [0.1, 0.15) is 0 Å². The number of nitrogens with zero attached hydrogens (tertiary/aromatic N) is 2. The first-order valence-corrected chi connectivity index (χ1v) is 9.08. The summed E-state index contributed by atoms with van der Waals surface area (Å²) in [6.45, 7) is -0.0829. The Morgan fingerprint density at radius 3 is 2.12 bits per heavy atom. The number of aromatic nitrogens is 2. The first kappa shape index (κ1) is 19.1. The Balaban J connectivity index is 0.000000399. The smallest absolute Gasteiger partial charge is 0.271 e. The predicted molar refractivity (Wildman–Crippen MR) is 97.2 cm³/mol. The lowest BCUT2D eigenvalue weighted by Crippen LogP contribution is -2.21. The Kier molecular flexibility index (Phi) is 6.29. The second kappa shape index (κ2) is 8.24. The topological polar surface area (TPSA) is 124 Å². The van der Waals surface area contributed by atoms with Crippen LogP contribution in [-0.2, 0) is 16.8 Å². The summed E-state index contributed by atoms with van der Waals surface area (Å²) in [5, 5.41) is 22.7. The Labute approximate surface area is 150 Å². The van der Waals surface area contributed by atoms with Crippen LogP contribution in [0, 0.1) is 0 Å². The van der Waals surface area contributed by atoms with E-state index < -0.39 is 10.2 Å². The molecule has 0 fully saturated rings. The molecule has 0 saturated carbocycles. The Morgan fingerprint density at radius 2 is 1.60 bits per heavy atom. The molecule has 9 heteroatoms. The number of hydrogen-bond donors (Lipinski definition) is 3. The lowest BCUT2D eigenvalue weighted by atomic mass is 10.1. The summed E-state index contributed by atoms with van der Waals surface area (Å²) in [5.74, 6) is 0. The van der Waals surface area contributed by atoms with Gasteiger partial charge in [-0.05, 0) is 30.3 Å². The van der Waals surface area contributed by atoms with Gasteiger partial charge in [0.05, 0.1) is 23.7 Å². The molecule has 1 aromatic heterocycles. The molecule has 1 heterocycles. The van der Waals surface area contributed by atoms with Gasteiger partial charge in [-0.15, -0.1) is 0 Å². The van der Waals surface area contributed by atoms with E-state index in [4.69, 9.17) is 11.6 Å². The molecule has 0 saturated heterocycles. The number of para-hydroxylation sites is 1. The Hall–Kier alpha value is -2.23. The van der Waals surface area contributed by atoms with E-state index in [-0.39, 0.29) is 6.61 Å². The van der Waals surface area contributed by atoms with E-state index in [1.165, 1.54) is 0 Å². The molecule has 0 spiro atoms. The van der Waals surface area contributed by atoms with Crippen molar-refractivity contribution in [2.75, 3.05) is 0 Å². The molecule has 0 aliphatic rings. The third-order valence-corrected chi connectivity index (χ3v) is 3.31. The molecule has 132 valence electrons. The van der Waals surface area contributed by atoms with E-state index in [0.717, 1.165) is 16.9 Å². The largest absolute Gasteiger partial charge is 0.390 e. The molecule has 0 bridgehead atoms. The van der Waals surface area contributed by atoms with Gasteiger partial charge in [-0.1, -0.05) is 41.9 Å². The molecular formula is C16H17ClN4O3S. The minimum absolute atomic E-state index is 0.0829. The predicted octanol–water partition coefficient (Wildman–Crippen LogP) is 1.83. The SMILES string of the molecule is NS(N)(=O)=O.OCc1cc(-c2ccc(Cl)cc2)n(-c2ccccc2)n1. The molecule has 5 N–H and O–H groups in total. The summed E-state index contributed by atoms with van der Waals surface area (Å²) in [7, 11) is -3.67. The Bertz CT molecular complexity index is 918. The Morgan fingerprint density at radius 1 is 1.04 bits per heavy atom. The van der Waals surface area contributed by atoms with Gasteiger partial charge in [0.15, 0.2) is 0 Å². The zero-order chi connectivity index (χ0) is 18.4.